The van der Waals surface area contributed by atoms with E-state index in [4.69, 9.17) is 0 Å². The standard InChI is InChI=1S/C10H12BrNO3S2/c1-10(4-5-17(14,15)6-10)12-9(13)7-2-3-8(11)16-7/h2-3H,4-6H2,1H3,(H,12,13). The van der Waals surface area contributed by atoms with Crippen LogP contribution in [0.3, 0.4) is 0 Å². The minimum absolute atomic E-state index is 0.0261. The predicted molar refractivity (Wildman–Crippen MR) is 71.2 cm³/mol. The molecule has 0 radical (unpaired) electrons. The maximum Gasteiger partial charge on any atom is 0.261 e. The normalized spacial score (nSPS) is 26.9. The van der Waals surface area contributed by atoms with Crippen LogP contribution >= 0.6 is 27.3 Å². The fourth-order valence-electron chi connectivity index (χ4n) is 1.88. The van der Waals surface area contributed by atoms with E-state index >= 15 is 0 Å². The number of hydrogen-bond donors (Lipinski definition) is 1. The number of thiophene rings is 1. The van der Waals surface area contributed by atoms with E-state index in [2.05, 4.69) is 21.2 Å². The van der Waals surface area contributed by atoms with Gasteiger partial charge in [0.15, 0.2) is 9.84 Å². The molecule has 0 bridgehead atoms. The van der Waals surface area contributed by atoms with Crippen molar-refractivity contribution in [1.82, 2.24) is 5.32 Å². The first-order valence-corrected chi connectivity index (χ1v) is 8.51. The van der Waals surface area contributed by atoms with E-state index in [9.17, 15) is 13.2 Å². The van der Waals surface area contributed by atoms with E-state index in [-0.39, 0.29) is 17.4 Å². The molecular formula is C10H12BrNO3S2. The van der Waals surface area contributed by atoms with Gasteiger partial charge in [0.25, 0.3) is 5.91 Å². The largest absolute Gasteiger partial charge is 0.345 e. The number of hydrogen-bond acceptors (Lipinski definition) is 4. The van der Waals surface area contributed by atoms with E-state index in [1.54, 1.807) is 19.1 Å². The fraction of sp³-hybridized carbons (Fsp3) is 0.500. The molecule has 2 heterocycles. The third kappa shape index (κ3) is 3.08. The lowest BCUT2D eigenvalue weighted by atomic mass is 10.0. The quantitative estimate of drug-likeness (QED) is 0.895. The molecule has 1 saturated heterocycles. The van der Waals surface area contributed by atoms with Gasteiger partial charge in [0, 0.05) is 0 Å². The number of carbonyl (C=O) groups is 1. The Morgan fingerprint density at radius 1 is 1.53 bits per heavy atom. The summed E-state index contributed by atoms with van der Waals surface area (Å²) < 4.78 is 23.7. The van der Waals surface area contributed by atoms with E-state index in [0.29, 0.717) is 11.3 Å². The lowest BCUT2D eigenvalue weighted by molar-refractivity contribution is 0.0919. The van der Waals surface area contributed by atoms with Crippen LogP contribution in [0.15, 0.2) is 15.9 Å². The van der Waals surface area contributed by atoms with E-state index in [0.717, 1.165) is 3.79 Å². The summed E-state index contributed by atoms with van der Waals surface area (Å²) >= 11 is 4.62. The second-order valence-electron chi connectivity index (χ2n) is 4.46. The van der Waals surface area contributed by atoms with Gasteiger partial charge >= 0.3 is 0 Å². The lowest BCUT2D eigenvalue weighted by Crippen LogP contribution is -2.46. The summed E-state index contributed by atoms with van der Waals surface area (Å²) in [5.41, 5.74) is -0.633. The number of sulfone groups is 1. The van der Waals surface area contributed by atoms with Crippen molar-refractivity contribution >= 4 is 43.0 Å². The zero-order valence-electron chi connectivity index (χ0n) is 9.20. The Morgan fingerprint density at radius 2 is 2.24 bits per heavy atom. The van der Waals surface area contributed by atoms with Crippen LogP contribution in [0.5, 0.6) is 0 Å². The van der Waals surface area contributed by atoms with Crippen LogP contribution in [0.1, 0.15) is 23.0 Å². The lowest BCUT2D eigenvalue weighted by Gasteiger charge is -2.23. The van der Waals surface area contributed by atoms with Crippen LogP contribution < -0.4 is 5.32 Å². The molecule has 17 heavy (non-hydrogen) atoms. The second-order valence-corrected chi connectivity index (χ2v) is 9.11. The van der Waals surface area contributed by atoms with Gasteiger partial charge in [-0.15, -0.1) is 11.3 Å². The van der Waals surface area contributed by atoms with Crippen molar-refractivity contribution in [3.63, 3.8) is 0 Å². The first kappa shape index (κ1) is 13.0. The van der Waals surface area contributed by atoms with Gasteiger partial charge in [0.05, 0.1) is 25.7 Å². The summed E-state index contributed by atoms with van der Waals surface area (Å²) in [6, 6.07) is 3.52. The average Bonchev–Trinajstić information content (AvgIpc) is 2.71. The highest BCUT2D eigenvalue weighted by molar-refractivity contribution is 9.11. The van der Waals surface area contributed by atoms with Crippen molar-refractivity contribution in [3.05, 3.63) is 20.8 Å². The van der Waals surface area contributed by atoms with Crippen LogP contribution in [0, 0.1) is 0 Å². The molecule has 1 aromatic rings. The summed E-state index contributed by atoms with van der Waals surface area (Å²) in [4.78, 5) is 12.5. The maximum absolute atomic E-state index is 11.9. The highest BCUT2D eigenvalue weighted by Gasteiger charge is 2.39. The van der Waals surface area contributed by atoms with Crippen molar-refractivity contribution in [2.24, 2.45) is 0 Å². The summed E-state index contributed by atoms with van der Waals surface area (Å²) in [6.07, 6.45) is 0.480. The minimum Gasteiger partial charge on any atom is -0.345 e. The molecule has 0 aromatic carbocycles. The Labute approximate surface area is 112 Å². The van der Waals surface area contributed by atoms with Crippen LogP contribution in [-0.4, -0.2) is 31.4 Å². The van der Waals surface area contributed by atoms with Gasteiger partial charge in [-0.1, -0.05) is 0 Å². The summed E-state index contributed by atoms with van der Waals surface area (Å²) in [6.45, 7) is 1.78. The van der Waals surface area contributed by atoms with Gasteiger partial charge in [0.2, 0.25) is 0 Å². The Kier molecular flexibility index (Phi) is 3.35. The van der Waals surface area contributed by atoms with E-state index < -0.39 is 15.4 Å². The monoisotopic (exact) mass is 337 g/mol. The molecule has 7 heteroatoms. The van der Waals surface area contributed by atoms with Gasteiger partial charge in [-0.3, -0.25) is 4.79 Å². The van der Waals surface area contributed by atoms with Crippen molar-refractivity contribution in [2.75, 3.05) is 11.5 Å². The number of rotatable bonds is 2. The zero-order valence-corrected chi connectivity index (χ0v) is 12.4. The summed E-state index contributed by atoms with van der Waals surface area (Å²) in [5, 5.41) is 2.81. The highest BCUT2D eigenvalue weighted by atomic mass is 79.9. The highest BCUT2D eigenvalue weighted by Crippen LogP contribution is 2.26. The maximum atomic E-state index is 11.9. The number of carbonyl (C=O) groups excluding carboxylic acids is 1. The Morgan fingerprint density at radius 3 is 2.71 bits per heavy atom. The Bertz CT molecular complexity index is 552. The van der Waals surface area contributed by atoms with Crippen LogP contribution in [0.25, 0.3) is 0 Å². The molecule has 1 aromatic heterocycles. The number of halogens is 1. The predicted octanol–water partition coefficient (Wildman–Crippen LogP) is 1.82. The molecule has 0 saturated carbocycles. The van der Waals surface area contributed by atoms with Crippen LogP contribution in [0.4, 0.5) is 0 Å². The first-order chi connectivity index (χ1) is 7.80. The molecule has 1 atom stereocenters. The van der Waals surface area contributed by atoms with Gasteiger partial charge in [-0.05, 0) is 41.4 Å². The third-order valence-corrected chi connectivity index (χ3v) is 6.24. The topological polar surface area (TPSA) is 63.2 Å². The molecule has 0 spiro atoms. The van der Waals surface area contributed by atoms with E-state index in [1.165, 1.54) is 11.3 Å². The van der Waals surface area contributed by atoms with Crippen molar-refractivity contribution in [2.45, 2.75) is 18.9 Å². The zero-order chi connectivity index (χ0) is 12.7. The van der Waals surface area contributed by atoms with Crippen molar-refractivity contribution in [3.8, 4) is 0 Å². The third-order valence-electron chi connectivity index (χ3n) is 2.72. The SMILES string of the molecule is CC1(NC(=O)c2ccc(Br)s2)CCS(=O)(=O)C1. The van der Waals surface area contributed by atoms with Crippen LogP contribution in [0.2, 0.25) is 0 Å². The van der Waals surface area contributed by atoms with Crippen molar-refractivity contribution < 1.29 is 13.2 Å². The van der Waals surface area contributed by atoms with Gasteiger partial charge in [-0.25, -0.2) is 8.42 Å². The summed E-state index contributed by atoms with van der Waals surface area (Å²) in [7, 11) is -3.00. The fourth-order valence-corrected chi connectivity index (χ4v) is 5.26. The van der Waals surface area contributed by atoms with Gasteiger partial charge < -0.3 is 5.32 Å². The average molecular weight is 338 g/mol. The molecule has 1 unspecified atom stereocenters. The number of nitrogens with one attached hydrogen (secondary N) is 1. The molecule has 94 valence electrons. The van der Waals surface area contributed by atoms with E-state index in [1.807, 2.05) is 0 Å². The van der Waals surface area contributed by atoms with Gasteiger partial charge in [-0.2, -0.15) is 0 Å². The molecule has 4 nitrogen and oxygen atoms in total. The van der Waals surface area contributed by atoms with Crippen LogP contribution in [-0.2, 0) is 9.84 Å². The van der Waals surface area contributed by atoms with Gasteiger partial charge in [0.1, 0.15) is 0 Å². The molecular weight excluding hydrogens is 326 g/mol. The molecule has 1 aliphatic heterocycles. The smallest absolute Gasteiger partial charge is 0.261 e. The molecule has 1 fully saturated rings. The number of amides is 1. The minimum atomic E-state index is -3.00. The molecule has 1 aliphatic rings. The molecule has 2 rings (SSSR count). The molecule has 0 aliphatic carbocycles. The second kappa shape index (κ2) is 4.37. The Balaban J connectivity index is 2.10. The van der Waals surface area contributed by atoms with Crippen molar-refractivity contribution in [1.29, 1.82) is 0 Å². The molecule has 1 N–H and O–H groups in total. The molecule has 1 amide bonds. The Hall–Kier alpha value is -0.400. The summed E-state index contributed by atoms with van der Waals surface area (Å²) in [5.74, 6) is -0.0313. The first-order valence-electron chi connectivity index (χ1n) is 5.08.